The van der Waals surface area contributed by atoms with Crippen LogP contribution in [0.4, 0.5) is 0 Å². The van der Waals surface area contributed by atoms with Gasteiger partial charge in [0.2, 0.25) is 0 Å². The molecule has 5 heteroatoms. The third-order valence-corrected chi connectivity index (χ3v) is 4.98. The van der Waals surface area contributed by atoms with Crippen LogP contribution in [-0.4, -0.2) is 21.1 Å². The topological polar surface area (TPSA) is 17.8 Å². The number of benzene rings is 1. The number of nitrogens with zero attached hydrogens (tertiary/aromatic N) is 2. The summed E-state index contributed by atoms with van der Waals surface area (Å²) in [6.45, 7) is 2.20. The van der Waals surface area contributed by atoms with Crippen LogP contribution in [0.25, 0.3) is 0 Å². The monoisotopic (exact) mass is 328 g/mol. The van der Waals surface area contributed by atoms with Gasteiger partial charge in [-0.05, 0) is 36.3 Å². The fraction of sp³-hybridized carbons (Fsp3) is 0.400. The minimum Gasteiger partial charge on any atom is -0.333 e. The summed E-state index contributed by atoms with van der Waals surface area (Å²) in [6, 6.07) is 6.09. The number of rotatable bonds is 7. The van der Waals surface area contributed by atoms with Gasteiger partial charge in [0, 0.05) is 34.2 Å². The Labute approximate surface area is 134 Å². The van der Waals surface area contributed by atoms with Gasteiger partial charge in [-0.1, -0.05) is 36.2 Å². The van der Waals surface area contributed by atoms with Crippen molar-refractivity contribution >= 4 is 35.0 Å². The average Bonchev–Trinajstić information content (AvgIpc) is 2.94. The predicted molar refractivity (Wildman–Crippen MR) is 89.0 cm³/mol. The minimum atomic E-state index is 0.368. The van der Waals surface area contributed by atoms with Crippen molar-refractivity contribution in [2.45, 2.75) is 25.8 Å². The van der Waals surface area contributed by atoms with Gasteiger partial charge in [-0.25, -0.2) is 4.98 Å². The molecule has 0 spiro atoms. The van der Waals surface area contributed by atoms with Crippen LogP contribution in [0.15, 0.2) is 36.9 Å². The Morgan fingerprint density at radius 2 is 2.20 bits per heavy atom. The Balaban J connectivity index is 2.10. The van der Waals surface area contributed by atoms with Crippen molar-refractivity contribution in [3.8, 4) is 0 Å². The van der Waals surface area contributed by atoms with Crippen molar-refractivity contribution in [1.29, 1.82) is 0 Å². The van der Waals surface area contributed by atoms with Gasteiger partial charge in [0.15, 0.2) is 0 Å². The van der Waals surface area contributed by atoms with E-state index in [0.717, 1.165) is 22.8 Å². The lowest BCUT2D eigenvalue weighted by atomic mass is 10.1. The Bertz CT molecular complexity index is 529. The van der Waals surface area contributed by atoms with Gasteiger partial charge in [0.1, 0.15) is 0 Å². The maximum atomic E-state index is 6.28. The van der Waals surface area contributed by atoms with Crippen LogP contribution in [-0.2, 0) is 6.42 Å². The summed E-state index contributed by atoms with van der Waals surface area (Å²) in [5.41, 5.74) is 1.13. The summed E-state index contributed by atoms with van der Waals surface area (Å²) in [4.78, 5) is 4.15. The van der Waals surface area contributed by atoms with Crippen LogP contribution in [0.5, 0.6) is 0 Å². The first-order valence-corrected chi connectivity index (χ1v) is 8.61. The van der Waals surface area contributed by atoms with Crippen molar-refractivity contribution in [3.05, 3.63) is 52.5 Å². The van der Waals surface area contributed by atoms with E-state index in [1.54, 1.807) is 0 Å². The van der Waals surface area contributed by atoms with Gasteiger partial charge in [-0.15, -0.1) is 0 Å². The third-order valence-electron chi connectivity index (χ3n) is 3.08. The van der Waals surface area contributed by atoms with Crippen molar-refractivity contribution in [2.24, 2.45) is 0 Å². The highest BCUT2D eigenvalue weighted by atomic mass is 35.5. The van der Waals surface area contributed by atoms with E-state index < -0.39 is 0 Å². The van der Waals surface area contributed by atoms with Crippen molar-refractivity contribution in [1.82, 2.24) is 9.55 Å². The molecule has 0 aliphatic carbocycles. The number of aromatic nitrogens is 2. The molecular weight excluding hydrogens is 311 g/mol. The quantitative estimate of drug-likeness (QED) is 0.656. The van der Waals surface area contributed by atoms with Crippen LogP contribution >= 0.6 is 35.0 Å². The molecule has 0 aliphatic heterocycles. The van der Waals surface area contributed by atoms with Gasteiger partial charge < -0.3 is 4.57 Å². The Hall–Kier alpha value is -0.640. The molecule has 0 saturated heterocycles. The van der Waals surface area contributed by atoms with E-state index in [9.17, 15) is 0 Å². The second-order valence-corrected chi connectivity index (χ2v) is 6.67. The molecule has 0 N–H and O–H groups in total. The third kappa shape index (κ3) is 4.44. The zero-order valence-corrected chi connectivity index (χ0v) is 13.8. The highest BCUT2D eigenvalue weighted by Crippen LogP contribution is 2.26. The van der Waals surface area contributed by atoms with Gasteiger partial charge in [0.05, 0.1) is 6.33 Å². The van der Waals surface area contributed by atoms with Crippen LogP contribution in [0.2, 0.25) is 10.0 Å². The average molecular weight is 329 g/mol. The molecule has 1 aromatic carbocycles. The first-order chi connectivity index (χ1) is 9.70. The normalized spacial score (nSPS) is 12.6. The summed E-state index contributed by atoms with van der Waals surface area (Å²) < 4.78 is 2.16. The first kappa shape index (κ1) is 15.7. The number of hydrogen-bond donors (Lipinski definition) is 0. The Morgan fingerprint density at radius 1 is 1.35 bits per heavy atom. The molecule has 0 radical (unpaired) electrons. The fourth-order valence-corrected chi connectivity index (χ4v) is 3.54. The molecule has 0 amide bonds. The Morgan fingerprint density at radius 3 is 2.85 bits per heavy atom. The van der Waals surface area contributed by atoms with E-state index >= 15 is 0 Å². The largest absolute Gasteiger partial charge is 0.333 e. The van der Waals surface area contributed by atoms with Gasteiger partial charge >= 0.3 is 0 Å². The molecule has 20 heavy (non-hydrogen) atoms. The van der Waals surface area contributed by atoms with Gasteiger partial charge in [-0.3, -0.25) is 0 Å². The van der Waals surface area contributed by atoms with Crippen molar-refractivity contribution in [3.63, 3.8) is 0 Å². The summed E-state index contributed by atoms with van der Waals surface area (Å²) in [6.07, 6.45) is 7.80. The maximum Gasteiger partial charge on any atom is 0.0948 e. The molecule has 2 rings (SSSR count). The number of hydrogen-bond acceptors (Lipinski definition) is 2. The van der Waals surface area contributed by atoms with Gasteiger partial charge in [0.25, 0.3) is 0 Å². The standard InChI is InChI=1S/C15H18Cl2N2S/c1-2-7-20-10-14(19-6-5-18-11-19)8-12-3-4-13(16)9-15(12)17/h3-6,9,11,14H,2,7-8,10H2,1H3. The SMILES string of the molecule is CCCSCC(Cc1ccc(Cl)cc1Cl)n1ccnc1. The van der Waals surface area contributed by atoms with Gasteiger partial charge in [-0.2, -0.15) is 11.8 Å². The summed E-state index contributed by atoms with van der Waals surface area (Å²) in [5, 5.41) is 1.42. The number of thioether (sulfide) groups is 1. The van der Waals surface area contributed by atoms with Crippen molar-refractivity contribution < 1.29 is 0 Å². The lowest BCUT2D eigenvalue weighted by Gasteiger charge is -2.19. The molecular formula is C15H18Cl2N2S. The predicted octanol–water partition coefficient (Wildman–Crippen LogP) is 5.12. The molecule has 2 nitrogen and oxygen atoms in total. The second kappa shape index (κ2) is 7.96. The van der Waals surface area contributed by atoms with E-state index in [1.165, 1.54) is 12.2 Å². The highest BCUT2D eigenvalue weighted by Gasteiger charge is 2.13. The molecule has 0 saturated carbocycles. The van der Waals surface area contributed by atoms with E-state index in [0.29, 0.717) is 11.1 Å². The number of halogens is 2. The minimum absolute atomic E-state index is 0.368. The first-order valence-electron chi connectivity index (χ1n) is 6.69. The van der Waals surface area contributed by atoms with Crippen LogP contribution < -0.4 is 0 Å². The molecule has 0 aliphatic rings. The smallest absolute Gasteiger partial charge is 0.0948 e. The molecule has 1 aromatic heterocycles. The molecule has 1 heterocycles. The fourth-order valence-electron chi connectivity index (χ4n) is 2.04. The lowest BCUT2D eigenvalue weighted by Crippen LogP contribution is -2.13. The van der Waals surface area contributed by atoms with E-state index in [1.807, 2.05) is 48.7 Å². The van der Waals surface area contributed by atoms with E-state index in [4.69, 9.17) is 23.2 Å². The molecule has 0 bridgehead atoms. The zero-order chi connectivity index (χ0) is 14.4. The summed E-state index contributed by atoms with van der Waals surface area (Å²) >= 11 is 14.2. The van der Waals surface area contributed by atoms with E-state index in [-0.39, 0.29) is 0 Å². The second-order valence-electron chi connectivity index (χ2n) is 4.68. The molecule has 1 unspecified atom stereocenters. The summed E-state index contributed by atoms with van der Waals surface area (Å²) in [7, 11) is 0. The highest BCUT2D eigenvalue weighted by molar-refractivity contribution is 7.99. The van der Waals surface area contributed by atoms with Crippen LogP contribution in [0.1, 0.15) is 24.9 Å². The Kier molecular flexibility index (Phi) is 6.27. The molecule has 0 fully saturated rings. The van der Waals surface area contributed by atoms with Crippen LogP contribution in [0, 0.1) is 0 Å². The molecule has 2 aromatic rings. The maximum absolute atomic E-state index is 6.28. The molecule has 108 valence electrons. The van der Waals surface area contributed by atoms with Crippen LogP contribution in [0.3, 0.4) is 0 Å². The van der Waals surface area contributed by atoms with Crippen molar-refractivity contribution in [2.75, 3.05) is 11.5 Å². The molecule has 1 atom stereocenters. The lowest BCUT2D eigenvalue weighted by molar-refractivity contribution is 0.553. The van der Waals surface area contributed by atoms with E-state index in [2.05, 4.69) is 16.5 Å². The zero-order valence-electron chi connectivity index (χ0n) is 11.4. The number of imidazole rings is 1. The summed E-state index contributed by atoms with van der Waals surface area (Å²) in [5.74, 6) is 2.24.